The molecule has 0 bridgehead atoms. The summed E-state index contributed by atoms with van der Waals surface area (Å²) in [6, 6.07) is 12.2. The molecule has 7 nitrogen and oxygen atoms in total. The van der Waals surface area contributed by atoms with Crippen molar-refractivity contribution in [3.8, 4) is 0 Å². The molecule has 170 valence electrons. The summed E-state index contributed by atoms with van der Waals surface area (Å²) in [6.45, 7) is 7.73. The Morgan fingerprint density at radius 1 is 1.03 bits per heavy atom. The van der Waals surface area contributed by atoms with Crippen molar-refractivity contribution in [3.05, 3.63) is 85.8 Å². The Morgan fingerprint density at radius 2 is 1.70 bits per heavy atom. The molecule has 1 aliphatic heterocycles. The van der Waals surface area contributed by atoms with Gasteiger partial charge in [-0.05, 0) is 60.7 Å². The van der Waals surface area contributed by atoms with Crippen LogP contribution in [0.25, 0.3) is 11.2 Å². The highest BCUT2D eigenvalue weighted by molar-refractivity contribution is 5.77. The van der Waals surface area contributed by atoms with Crippen LogP contribution in [0.4, 0.5) is 16.0 Å². The molecule has 1 atom stereocenters. The predicted molar refractivity (Wildman–Crippen MR) is 127 cm³/mol. The van der Waals surface area contributed by atoms with Gasteiger partial charge in [0.1, 0.15) is 5.82 Å². The molecule has 0 saturated heterocycles. The van der Waals surface area contributed by atoms with E-state index in [0.29, 0.717) is 29.2 Å². The highest BCUT2D eigenvalue weighted by Gasteiger charge is 2.30. The van der Waals surface area contributed by atoms with E-state index in [0.717, 1.165) is 23.4 Å². The number of halogens is 1. The summed E-state index contributed by atoms with van der Waals surface area (Å²) in [7, 11) is 1.63. The molecule has 0 saturated carbocycles. The van der Waals surface area contributed by atoms with E-state index >= 15 is 0 Å². The molecular weight excluding hydrogens is 421 g/mol. The summed E-state index contributed by atoms with van der Waals surface area (Å²) in [5, 5.41) is 0. The molecule has 0 amide bonds. The van der Waals surface area contributed by atoms with Gasteiger partial charge in [0.2, 0.25) is 5.95 Å². The third-order valence-electron chi connectivity index (χ3n) is 6.21. The number of aryl methyl sites for hydroxylation is 3. The number of nitrogens with zero attached hydrogens (tertiary/aromatic N) is 5. The Morgan fingerprint density at radius 3 is 2.36 bits per heavy atom. The minimum atomic E-state index is -0.446. The SMILES string of the molecule is Cc1cc(C)cc(N2CC(C)Cn3c2nc2c3c(=O)n(Cc3ccc(F)cc3)c(=O)n2C)c1. The number of imidazole rings is 1. The van der Waals surface area contributed by atoms with Gasteiger partial charge in [-0.15, -0.1) is 0 Å². The first kappa shape index (κ1) is 21.2. The molecule has 0 radical (unpaired) electrons. The minimum absolute atomic E-state index is 0.0680. The maximum Gasteiger partial charge on any atom is 0.332 e. The molecule has 8 heteroatoms. The summed E-state index contributed by atoms with van der Waals surface area (Å²) in [5.74, 6) is 0.581. The van der Waals surface area contributed by atoms with Gasteiger partial charge in [0.25, 0.3) is 5.56 Å². The number of aromatic nitrogens is 4. The quantitative estimate of drug-likeness (QED) is 0.482. The lowest BCUT2D eigenvalue weighted by Gasteiger charge is -2.33. The lowest BCUT2D eigenvalue weighted by atomic mass is 10.1. The van der Waals surface area contributed by atoms with Crippen molar-refractivity contribution in [3.63, 3.8) is 0 Å². The summed E-state index contributed by atoms with van der Waals surface area (Å²) >= 11 is 0. The molecule has 0 spiro atoms. The normalized spacial score (nSPS) is 15.8. The minimum Gasteiger partial charge on any atom is -0.312 e. The third-order valence-corrected chi connectivity index (χ3v) is 6.21. The van der Waals surface area contributed by atoms with Crippen molar-refractivity contribution >= 4 is 22.8 Å². The highest BCUT2D eigenvalue weighted by Crippen LogP contribution is 2.33. The molecule has 0 fully saturated rings. The lowest BCUT2D eigenvalue weighted by Crippen LogP contribution is -2.40. The maximum atomic E-state index is 13.6. The molecule has 3 heterocycles. The van der Waals surface area contributed by atoms with Crippen molar-refractivity contribution < 1.29 is 4.39 Å². The number of anilines is 2. The summed E-state index contributed by atoms with van der Waals surface area (Å²) in [6.07, 6.45) is 0. The van der Waals surface area contributed by atoms with Crippen LogP contribution in [0.5, 0.6) is 0 Å². The fourth-order valence-electron chi connectivity index (χ4n) is 4.74. The van der Waals surface area contributed by atoms with E-state index in [2.05, 4.69) is 43.9 Å². The fourth-order valence-corrected chi connectivity index (χ4v) is 4.74. The van der Waals surface area contributed by atoms with Gasteiger partial charge in [0.15, 0.2) is 11.2 Å². The number of benzene rings is 2. The van der Waals surface area contributed by atoms with E-state index in [-0.39, 0.29) is 23.8 Å². The van der Waals surface area contributed by atoms with E-state index in [4.69, 9.17) is 4.98 Å². The van der Waals surface area contributed by atoms with Gasteiger partial charge in [-0.25, -0.2) is 9.18 Å². The Labute approximate surface area is 190 Å². The molecule has 0 N–H and O–H groups in total. The summed E-state index contributed by atoms with van der Waals surface area (Å²) < 4.78 is 17.9. The van der Waals surface area contributed by atoms with Gasteiger partial charge >= 0.3 is 5.69 Å². The van der Waals surface area contributed by atoms with E-state index in [1.165, 1.54) is 21.3 Å². The molecule has 0 aliphatic carbocycles. The maximum absolute atomic E-state index is 13.6. The Bertz CT molecular complexity index is 1480. The zero-order valence-electron chi connectivity index (χ0n) is 19.2. The highest BCUT2D eigenvalue weighted by atomic mass is 19.1. The van der Waals surface area contributed by atoms with Crippen LogP contribution >= 0.6 is 0 Å². The largest absolute Gasteiger partial charge is 0.332 e. The molecule has 2 aromatic carbocycles. The monoisotopic (exact) mass is 447 g/mol. The topological polar surface area (TPSA) is 65.1 Å². The van der Waals surface area contributed by atoms with Gasteiger partial charge in [0, 0.05) is 25.8 Å². The lowest BCUT2D eigenvalue weighted by molar-refractivity contribution is 0.458. The van der Waals surface area contributed by atoms with E-state index in [1.807, 2.05) is 4.57 Å². The number of hydrogen-bond acceptors (Lipinski definition) is 4. The standard InChI is InChI=1S/C25H26FN5O2/c1-15-9-16(2)11-20(10-15)29-12-17(3)13-30-21-22(27-24(29)30)28(4)25(33)31(23(21)32)14-18-5-7-19(26)8-6-18/h5-11,17H,12-14H2,1-4H3. The van der Waals surface area contributed by atoms with Crippen molar-refractivity contribution in [1.82, 2.24) is 18.7 Å². The first-order chi connectivity index (χ1) is 15.7. The average Bonchev–Trinajstić information content (AvgIpc) is 3.15. The van der Waals surface area contributed by atoms with Crippen LogP contribution in [0.15, 0.2) is 52.1 Å². The Balaban J connectivity index is 1.72. The van der Waals surface area contributed by atoms with E-state index in [9.17, 15) is 14.0 Å². The Kier molecular flexibility index (Phi) is 4.96. The predicted octanol–water partition coefficient (Wildman–Crippen LogP) is 3.49. The number of fused-ring (bicyclic) bond motifs is 3. The zero-order valence-corrected chi connectivity index (χ0v) is 19.2. The van der Waals surface area contributed by atoms with Crippen LogP contribution in [0.2, 0.25) is 0 Å². The van der Waals surface area contributed by atoms with Crippen molar-refractivity contribution in [2.24, 2.45) is 13.0 Å². The smallest absolute Gasteiger partial charge is 0.312 e. The van der Waals surface area contributed by atoms with Crippen molar-refractivity contribution in [2.45, 2.75) is 33.9 Å². The first-order valence-corrected chi connectivity index (χ1v) is 11.0. The van der Waals surface area contributed by atoms with Crippen molar-refractivity contribution in [1.29, 1.82) is 0 Å². The zero-order chi connectivity index (χ0) is 23.4. The van der Waals surface area contributed by atoms with Crippen LogP contribution < -0.4 is 16.1 Å². The van der Waals surface area contributed by atoms with Crippen LogP contribution in [0, 0.1) is 25.6 Å². The molecule has 1 unspecified atom stereocenters. The molecule has 4 aromatic rings. The van der Waals surface area contributed by atoms with Gasteiger partial charge in [-0.2, -0.15) is 4.98 Å². The molecule has 33 heavy (non-hydrogen) atoms. The second-order valence-corrected chi connectivity index (χ2v) is 9.12. The number of rotatable bonds is 3. The van der Waals surface area contributed by atoms with Gasteiger partial charge in [0.05, 0.1) is 6.54 Å². The molecule has 1 aliphatic rings. The van der Waals surface area contributed by atoms with Crippen LogP contribution in [-0.4, -0.2) is 25.2 Å². The van der Waals surface area contributed by atoms with Crippen LogP contribution in [0.3, 0.4) is 0 Å². The fraction of sp³-hybridized carbons (Fsp3) is 0.320. The van der Waals surface area contributed by atoms with E-state index < -0.39 is 5.69 Å². The molecular formula is C25H26FN5O2. The second kappa shape index (κ2) is 7.72. The Hall–Kier alpha value is -3.68. The van der Waals surface area contributed by atoms with Gasteiger partial charge in [-0.1, -0.05) is 25.1 Å². The third kappa shape index (κ3) is 3.55. The van der Waals surface area contributed by atoms with E-state index in [1.54, 1.807) is 19.2 Å². The van der Waals surface area contributed by atoms with Gasteiger partial charge in [-0.3, -0.25) is 13.9 Å². The first-order valence-electron chi connectivity index (χ1n) is 11.0. The van der Waals surface area contributed by atoms with Gasteiger partial charge < -0.3 is 9.47 Å². The molecule has 5 rings (SSSR count). The average molecular weight is 448 g/mol. The molecule has 2 aromatic heterocycles. The second-order valence-electron chi connectivity index (χ2n) is 9.12. The summed E-state index contributed by atoms with van der Waals surface area (Å²) in [4.78, 5) is 33.5. The number of hydrogen-bond donors (Lipinski definition) is 0. The van der Waals surface area contributed by atoms with Crippen molar-refractivity contribution in [2.75, 3.05) is 11.4 Å². The summed E-state index contributed by atoms with van der Waals surface area (Å²) in [5.41, 5.74) is 3.96. The van der Waals surface area contributed by atoms with Crippen LogP contribution in [0.1, 0.15) is 23.6 Å². The van der Waals surface area contributed by atoms with Crippen LogP contribution in [-0.2, 0) is 20.1 Å².